The van der Waals surface area contributed by atoms with E-state index in [0.717, 1.165) is 23.0 Å². The van der Waals surface area contributed by atoms with Gasteiger partial charge in [-0.3, -0.25) is 0 Å². The molecule has 0 spiro atoms. The van der Waals surface area contributed by atoms with E-state index in [0.29, 0.717) is 24.1 Å². The molecule has 2 rings (SSSR count). The summed E-state index contributed by atoms with van der Waals surface area (Å²) in [4.78, 5) is 0. The molecule has 0 heterocycles. The molecule has 19 heavy (non-hydrogen) atoms. The molecule has 0 fully saturated rings. The third-order valence-electron chi connectivity index (χ3n) is 3.70. The second-order valence-corrected chi connectivity index (χ2v) is 5.30. The molecule has 0 saturated heterocycles. The van der Waals surface area contributed by atoms with Gasteiger partial charge in [0.05, 0.1) is 0 Å². The summed E-state index contributed by atoms with van der Waals surface area (Å²) in [6, 6.07) is 11.5. The zero-order chi connectivity index (χ0) is 13.8. The molecule has 3 heteroatoms. The second-order valence-electron chi connectivity index (χ2n) is 5.30. The van der Waals surface area contributed by atoms with E-state index >= 15 is 0 Å². The largest absolute Gasteiger partial charge is 0.507 e. The van der Waals surface area contributed by atoms with Crippen molar-refractivity contribution in [3.8, 4) is 5.75 Å². The van der Waals surface area contributed by atoms with Gasteiger partial charge in [-0.25, -0.2) is 0 Å². The summed E-state index contributed by atoms with van der Waals surface area (Å²) >= 11 is 0. The summed E-state index contributed by atoms with van der Waals surface area (Å²) in [6.45, 7) is 5.91. The maximum absolute atomic E-state index is 9.86. The van der Waals surface area contributed by atoms with E-state index in [-0.39, 0.29) is 0 Å². The van der Waals surface area contributed by atoms with Gasteiger partial charge in [-0.05, 0) is 30.5 Å². The molecule has 0 bridgehead atoms. The molecule has 0 aliphatic heterocycles. The Morgan fingerprint density at radius 2 is 1.79 bits per heavy atom. The molecule has 0 saturated carbocycles. The van der Waals surface area contributed by atoms with E-state index in [9.17, 15) is 5.11 Å². The minimum Gasteiger partial charge on any atom is -0.507 e. The van der Waals surface area contributed by atoms with Crippen LogP contribution in [-0.2, 0) is 0 Å². The van der Waals surface area contributed by atoms with Gasteiger partial charge in [-0.15, -0.1) is 0 Å². The minimum atomic E-state index is 0.320. The lowest BCUT2D eigenvalue weighted by molar-refractivity contribution is 0.413. The van der Waals surface area contributed by atoms with Gasteiger partial charge in [-0.1, -0.05) is 38.1 Å². The smallest absolute Gasteiger partial charge is 0.123 e. The summed E-state index contributed by atoms with van der Waals surface area (Å²) in [5.74, 6) is 1.33. The zero-order valence-corrected chi connectivity index (χ0v) is 11.6. The number of benzene rings is 2. The third kappa shape index (κ3) is 2.99. The predicted molar refractivity (Wildman–Crippen MR) is 81.5 cm³/mol. The average Bonchev–Trinajstić information content (AvgIpc) is 2.40. The van der Waals surface area contributed by atoms with Crippen molar-refractivity contribution in [3.63, 3.8) is 0 Å². The van der Waals surface area contributed by atoms with Crippen molar-refractivity contribution in [1.82, 2.24) is 0 Å². The first-order valence-electron chi connectivity index (χ1n) is 6.78. The topological polar surface area (TPSA) is 58.3 Å². The van der Waals surface area contributed by atoms with E-state index in [1.165, 1.54) is 0 Å². The number of anilines is 1. The van der Waals surface area contributed by atoms with Gasteiger partial charge in [0.2, 0.25) is 0 Å². The van der Waals surface area contributed by atoms with E-state index in [1.807, 2.05) is 30.3 Å². The van der Waals surface area contributed by atoms with Crippen LogP contribution in [0.15, 0.2) is 36.4 Å². The Balaban J connectivity index is 2.24. The lowest BCUT2D eigenvalue weighted by Gasteiger charge is -2.20. The molecule has 0 amide bonds. The van der Waals surface area contributed by atoms with Gasteiger partial charge in [0, 0.05) is 23.0 Å². The Morgan fingerprint density at radius 1 is 1.11 bits per heavy atom. The number of fused-ring (bicyclic) bond motifs is 1. The van der Waals surface area contributed by atoms with Crippen molar-refractivity contribution in [1.29, 1.82) is 0 Å². The molecule has 0 aliphatic carbocycles. The molecule has 2 aromatic carbocycles. The van der Waals surface area contributed by atoms with Crippen LogP contribution >= 0.6 is 0 Å². The van der Waals surface area contributed by atoms with Crippen LogP contribution < -0.4 is 11.1 Å². The van der Waals surface area contributed by atoms with E-state index in [1.54, 1.807) is 6.07 Å². The molecule has 0 aromatic heterocycles. The van der Waals surface area contributed by atoms with Crippen LogP contribution in [0, 0.1) is 11.8 Å². The number of phenols is 1. The van der Waals surface area contributed by atoms with Crippen LogP contribution in [0.3, 0.4) is 0 Å². The monoisotopic (exact) mass is 258 g/mol. The van der Waals surface area contributed by atoms with E-state index < -0.39 is 0 Å². The number of phenolic OH excluding ortho intramolecular Hbond substituents is 1. The normalized spacial score (nSPS) is 12.8. The number of hydrogen-bond acceptors (Lipinski definition) is 3. The zero-order valence-electron chi connectivity index (χ0n) is 11.6. The third-order valence-corrected chi connectivity index (χ3v) is 3.70. The number of hydrogen-bond donors (Lipinski definition) is 3. The van der Waals surface area contributed by atoms with Crippen LogP contribution in [0.25, 0.3) is 10.8 Å². The van der Waals surface area contributed by atoms with Crippen LogP contribution in [0.2, 0.25) is 0 Å². The van der Waals surface area contributed by atoms with Crippen molar-refractivity contribution < 1.29 is 5.11 Å². The fraction of sp³-hybridized carbons (Fsp3) is 0.375. The summed E-state index contributed by atoms with van der Waals surface area (Å²) in [6.07, 6.45) is 0. The van der Waals surface area contributed by atoms with Crippen molar-refractivity contribution >= 4 is 16.5 Å². The summed E-state index contributed by atoms with van der Waals surface area (Å²) < 4.78 is 0. The summed E-state index contributed by atoms with van der Waals surface area (Å²) in [5.41, 5.74) is 6.84. The fourth-order valence-corrected chi connectivity index (χ4v) is 2.28. The van der Waals surface area contributed by atoms with E-state index in [2.05, 4.69) is 19.2 Å². The van der Waals surface area contributed by atoms with Crippen LogP contribution in [0.5, 0.6) is 5.75 Å². The van der Waals surface area contributed by atoms with Gasteiger partial charge in [0.25, 0.3) is 0 Å². The van der Waals surface area contributed by atoms with Gasteiger partial charge >= 0.3 is 0 Å². The molecule has 4 N–H and O–H groups in total. The highest BCUT2D eigenvalue weighted by atomic mass is 16.3. The van der Waals surface area contributed by atoms with Gasteiger partial charge in [0.1, 0.15) is 5.75 Å². The molecule has 2 aromatic rings. The fourth-order valence-electron chi connectivity index (χ4n) is 2.28. The molecule has 102 valence electrons. The first kappa shape index (κ1) is 13.7. The quantitative estimate of drug-likeness (QED) is 0.772. The highest BCUT2D eigenvalue weighted by molar-refractivity contribution is 5.97. The number of nitrogens with one attached hydrogen (secondary N) is 1. The molecule has 3 nitrogen and oxygen atoms in total. The lowest BCUT2D eigenvalue weighted by Crippen LogP contribution is -2.27. The maximum atomic E-state index is 9.86. The van der Waals surface area contributed by atoms with Crippen LogP contribution in [0.4, 0.5) is 5.69 Å². The SMILES string of the molecule is CC(C)C(CN)CNc1cccc2c(O)cccc12. The number of rotatable bonds is 5. The Hall–Kier alpha value is -1.74. The van der Waals surface area contributed by atoms with Gasteiger partial charge < -0.3 is 16.2 Å². The minimum absolute atomic E-state index is 0.320. The Labute approximate surface area is 114 Å². The van der Waals surface area contributed by atoms with Crippen LogP contribution in [0.1, 0.15) is 13.8 Å². The lowest BCUT2D eigenvalue weighted by atomic mass is 9.96. The first-order chi connectivity index (χ1) is 9.13. The van der Waals surface area contributed by atoms with E-state index in [4.69, 9.17) is 5.73 Å². The maximum Gasteiger partial charge on any atom is 0.123 e. The molecular formula is C16H22N2O. The van der Waals surface area contributed by atoms with Gasteiger partial charge in [-0.2, -0.15) is 0 Å². The van der Waals surface area contributed by atoms with Crippen molar-refractivity contribution in [3.05, 3.63) is 36.4 Å². The molecule has 1 atom stereocenters. The van der Waals surface area contributed by atoms with Crippen molar-refractivity contribution in [2.24, 2.45) is 17.6 Å². The van der Waals surface area contributed by atoms with Crippen LogP contribution in [-0.4, -0.2) is 18.2 Å². The Morgan fingerprint density at radius 3 is 2.47 bits per heavy atom. The Bertz CT molecular complexity index is 551. The second kappa shape index (κ2) is 5.93. The molecule has 0 aliphatic rings. The number of aromatic hydroxyl groups is 1. The highest BCUT2D eigenvalue weighted by Crippen LogP contribution is 2.30. The van der Waals surface area contributed by atoms with Crippen molar-refractivity contribution in [2.75, 3.05) is 18.4 Å². The molecule has 0 radical (unpaired) electrons. The van der Waals surface area contributed by atoms with Crippen molar-refractivity contribution in [2.45, 2.75) is 13.8 Å². The predicted octanol–water partition coefficient (Wildman–Crippen LogP) is 3.19. The molecule has 1 unspecified atom stereocenters. The average molecular weight is 258 g/mol. The highest BCUT2D eigenvalue weighted by Gasteiger charge is 2.11. The standard InChI is InChI=1S/C16H22N2O/c1-11(2)12(9-17)10-18-15-7-3-6-14-13(15)5-4-8-16(14)19/h3-8,11-12,18-19H,9-10,17H2,1-2H3. The first-order valence-corrected chi connectivity index (χ1v) is 6.78. The Kier molecular flexibility index (Phi) is 4.27. The summed E-state index contributed by atoms with van der Waals surface area (Å²) in [7, 11) is 0. The van der Waals surface area contributed by atoms with Gasteiger partial charge in [0.15, 0.2) is 0 Å². The number of nitrogens with two attached hydrogens (primary N) is 1. The summed E-state index contributed by atoms with van der Waals surface area (Å²) in [5, 5.41) is 15.2. The molecular weight excluding hydrogens is 236 g/mol.